The van der Waals surface area contributed by atoms with E-state index < -0.39 is 12.0 Å². The van der Waals surface area contributed by atoms with Crippen molar-refractivity contribution in [3.05, 3.63) is 29.8 Å². The van der Waals surface area contributed by atoms with Crippen molar-refractivity contribution in [1.29, 1.82) is 0 Å². The number of rotatable bonds is 5. The van der Waals surface area contributed by atoms with E-state index in [1.54, 1.807) is 36.1 Å². The lowest BCUT2D eigenvalue weighted by Gasteiger charge is -2.33. The van der Waals surface area contributed by atoms with E-state index in [0.29, 0.717) is 17.4 Å². The Morgan fingerprint density at radius 2 is 1.86 bits per heavy atom. The van der Waals surface area contributed by atoms with Crippen molar-refractivity contribution < 1.29 is 14.3 Å². The Kier molecular flexibility index (Phi) is 5.41. The predicted octanol–water partition coefficient (Wildman–Crippen LogP) is 2.34. The number of ether oxygens (including phenoxy) is 1. The van der Waals surface area contributed by atoms with Gasteiger partial charge in [-0.25, -0.2) is 0 Å². The van der Waals surface area contributed by atoms with Crippen molar-refractivity contribution in [2.75, 3.05) is 7.05 Å². The van der Waals surface area contributed by atoms with Gasteiger partial charge in [-0.2, -0.15) is 0 Å². The molecule has 1 saturated carbocycles. The Labute approximate surface area is 131 Å². The molecular weight excluding hydrogens is 280 g/mol. The van der Waals surface area contributed by atoms with Crippen LogP contribution in [0.5, 0.6) is 5.75 Å². The molecule has 1 atom stereocenters. The van der Waals surface area contributed by atoms with Crippen LogP contribution in [-0.4, -0.2) is 35.9 Å². The number of para-hydroxylation sites is 1. The van der Waals surface area contributed by atoms with Crippen LogP contribution < -0.4 is 10.5 Å². The minimum atomic E-state index is -0.646. The second-order valence-corrected chi connectivity index (χ2v) is 5.86. The highest BCUT2D eigenvalue weighted by Crippen LogP contribution is 2.23. The summed E-state index contributed by atoms with van der Waals surface area (Å²) < 4.78 is 5.69. The summed E-state index contributed by atoms with van der Waals surface area (Å²) in [5.74, 6) is -0.269. The molecule has 0 bridgehead atoms. The van der Waals surface area contributed by atoms with Gasteiger partial charge in [0.05, 0.1) is 5.56 Å². The molecule has 1 aliphatic carbocycles. The monoisotopic (exact) mass is 304 g/mol. The molecule has 5 nitrogen and oxygen atoms in total. The zero-order valence-corrected chi connectivity index (χ0v) is 13.2. The Balaban J connectivity index is 2.03. The van der Waals surface area contributed by atoms with Gasteiger partial charge in [0.25, 0.3) is 11.8 Å². The van der Waals surface area contributed by atoms with Gasteiger partial charge in [-0.15, -0.1) is 0 Å². The van der Waals surface area contributed by atoms with Gasteiger partial charge in [0, 0.05) is 13.1 Å². The molecule has 2 N–H and O–H groups in total. The molecule has 0 aromatic heterocycles. The number of carbonyl (C=O) groups is 2. The summed E-state index contributed by atoms with van der Waals surface area (Å²) in [5.41, 5.74) is 5.62. The highest BCUT2D eigenvalue weighted by molar-refractivity contribution is 5.95. The van der Waals surface area contributed by atoms with E-state index in [-0.39, 0.29) is 5.91 Å². The largest absolute Gasteiger partial charge is 0.480 e. The number of nitrogens with zero attached hydrogens (tertiary/aromatic N) is 1. The fourth-order valence-corrected chi connectivity index (χ4v) is 2.95. The number of primary amides is 1. The van der Waals surface area contributed by atoms with Gasteiger partial charge >= 0.3 is 0 Å². The summed E-state index contributed by atoms with van der Waals surface area (Å²) in [6.45, 7) is 1.71. The lowest BCUT2D eigenvalue weighted by atomic mass is 9.94. The van der Waals surface area contributed by atoms with Gasteiger partial charge in [-0.1, -0.05) is 31.4 Å². The summed E-state index contributed by atoms with van der Waals surface area (Å²) >= 11 is 0. The molecule has 5 heteroatoms. The van der Waals surface area contributed by atoms with E-state index >= 15 is 0 Å². The van der Waals surface area contributed by atoms with Crippen molar-refractivity contribution in [2.24, 2.45) is 5.73 Å². The predicted molar refractivity (Wildman–Crippen MR) is 84.7 cm³/mol. The molecule has 0 aliphatic heterocycles. The molecule has 1 aromatic rings. The van der Waals surface area contributed by atoms with Crippen molar-refractivity contribution in [1.82, 2.24) is 4.90 Å². The Bertz CT molecular complexity index is 538. The molecule has 1 unspecified atom stereocenters. The first-order chi connectivity index (χ1) is 10.5. The van der Waals surface area contributed by atoms with E-state index in [2.05, 4.69) is 0 Å². The van der Waals surface area contributed by atoms with E-state index in [1.165, 1.54) is 19.3 Å². The summed E-state index contributed by atoms with van der Waals surface area (Å²) in [7, 11) is 1.83. The number of nitrogens with two attached hydrogens (primary N) is 1. The Morgan fingerprint density at radius 1 is 1.23 bits per heavy atom. The molecular formula is C17H24N2O3. The lowest BCUT2D eigenvalue weighted by Crippen LogP contribution is -2.44. The maximum Gasteiger partial charge on any atom is 0.263 e. The molecule has 2 amide bonds. The van der Waals surface area contributed by atoms with Gasteiger partial charge < -0.3 is 15.4 Å². The van der Waals surface area contributed by atoms with Gasteiger partial charge in [-0.3, -0.25) is 9.59 Å². The van der Waals surface area contributed by atoms with E-state index in [4.69, 9.17) is 10.5 Å². The third kappa shape index (κ3) is 3.78. The molecule has 1 aromatic carbocycles. The number of benzene rings is 1. The smallest absolute Gasteiger partial charge is 0.263 e. The number of amides is 2. The van der Waals surface area contributed by atoms with Crippen molar-refractivity contribution in [3.8, 4) is 5.75 Å². The molecule has 120 valence electrons. The zero-order chi connectivity index (χ0) is 16.1. The third-order valence-electron chi connectivity index (χ3n) is 4.27. The fraction of sp³-hybridized carbons (Fsp3) is 0.529. The van der Waals surface area contributed by atoms with Crippen LogP contribution in [0.1, 0.15) is 49.4 Å². The molecule has 22 heavy (non-hydrogen) atoms. The van der Waals surface area contributed by atoms with Crippen LogP contribution >= 0.6 is 0 Å². The first kappa shape index (κ1) is 16.3. The van der Waals surface area contributed by atoms with Gasteiger partial charge in [0.1, 0.15) is 5.75 Å². The zero-order valence-electron chi connectivity index (χ0n) is 13.2. The topological polar surface area (TPSA) is 72.6 Å². The molecule has 1 fully saturated rings. The van der Waals surface area contributed by atoms with Crippen LogP contribution in [0, 0.1) is 0 Å². The first-order valence-electron chi connectivity index (χ1n) is 7.83. The van der Waals surface area contributed by atoms with Crippen LogP contribution in [0.2, 0.25) is 0 Å². The van der Waals surface area contributed by atoms with E-state index in [9.17, 15) is 9.59 Å². The van der Waals surface area contributed by atoms with Crippen molar-refractivity contribution in [3.63, 3.8) is 0 Å². The number of likely N-dealkylation sites (N-methyl/N-ethyl adjacent to an activating group) is 1. The highest BCUT2D eigenvalue weighted by atomic mass is 16.5. The fourth-order valence-electron chi connectivity index (χ4n) is 2.95. The summed E-state index contributed by atoms with van der Waals surface area (Å²) in [6.07, 6.45) is 5.03. The van der Waals surface area contributed by atoms with Crippen molar-refractivity contribution >= 4 is 11.8 Å². The van der Waals surface area contributed by atoms with Crippen LogP contribution in [0.15, 0.2) is 24.3 Å². The van der Waals surface area contributed by atoms with Gasteiger partial charge in [0.2, 0.25) is 0 Å². The maximum atomic E-state index is 12.5. The standard InChI is InChI=1S/C17H24N2O3/c1-12(17(21)19(2)13-8-4-3-5-9-13)22-15-11-7-6-10-14(15)16(18)20/h6-7,10-13H,3-5,8-9H2,1-2H3,(H2,18,20). The Morgan fingerprint density at radius 3 is 2.50 bits per heavy atom. The minimum absolute atomic E-state index is 0.0637. The number of carbonyl (C=O) groups excluding carboxylic acids is 2. The van der Waals surface area contributed by atoms with Crippen LogP contribution in [0.25, 0.3) is 0 Å². The Hall–Kier alpha value is -2.04. The van der Waals surface area contributed by atoms with Gasteiger partial charge in [-0.05, 0) is 31.9 Å². The average Bonchev–Trinajstić information content (AvgIpc) is 2.54. The third-order valence-corrected chi connectivity index (χ3v) is 4.27. The quantitative estimate of drug-likeness (QED) is 0.907. The summed E-state index contributed by atoms with van der Waals surface area (Å²) in [6, 6.07) is 7.01. The molecule has 2 rings (SSSR count). The van der Waals surface area contributed by atoms with Crippen LogP contribution in [0.4, 0.5) is 0 Å². The highest BCUT2D eigenvalue weighted by Gasteiger charge is 2.27. The SMILES string of the molecule is CC(Oc1ccccc1C(N)=O)C(=O)N(C)C1CCCCC1. The first-order valence-corrected chi connectivity index (χ1v) is 7.83. The molecule has 0 heterocycles. The summed E-state index contributed by atoms with van der Waals surface area (Å²) in [5, 5.41) is 0. The van der Waals surface area contributed by atoms with E-state index in [0.717, 1.165) is 12.8 Å². The molecule has 0 radical (unpaired) electrons. The average molecular weight is 304 g/mol. The van der Waals surface area contributed by atoms with Crippen LogP contribution in [-0.2, 0) is 4.79 Å². The number of hydrogen-bond acceptors (Lipinski definition) is 3. The molecule has 0 saturated heterocycles. The number of hydrogen-bond donors (Lipinski definition) is 1. The van der Waals surface area contributed by atoms with Crippen molar-refractivity contribution in [2.45, 2.75) is 51.2 Å². The van der Waals surface area contributed by atoms with E-state index in [1.807, 2.05) is 7.05 Å². The molecule has 1 aliphatic rings. The lowest BCUT2D eigenvalue weighted by molar-refractivity contribution is -0.139. The molecule has 0 spiro atoms. The maximum absolute atomic E-state index is 12.5. The van der Waals surface area contributed by atoms with Crippen LogP contribution in [0.3, 0.4) is 0 Å². The normalized spacial score (nSPS) is 16.8. The minimum Gasteiger partial charge on any atom is -0.480 e. The summed E-state index contributed by atoms with van der Waals surface area (Å²) in [4.78, 5) is 25.7. The second-order valence-electron chi connectivity index (χ2n) is 5.86. The second kappa shape index (κ2) is 7.29. The van der Waals surface area contributed by atoms with Gasteiger partial charge in [0.15, 0.2) is 6.10 Å².